The Kier molecular flexibility index (Phi) is 9.79. The van der Waals surface area contributed by atoms with E-state index in [1.807, 2.05) is 0 Å². The lowest BCUT2D eigenvalue weighted by atomic mass is 10.2. The van der Waals surface area contributed by atoms with Crippen LogP contribution in [0, 0.1) is 0 Å². The molecule has 7 heteroatoms. The standard InChI is InChI=1S/C15H24N2OS4/c1-6-7-8-12(21-13(18)10(2)3)9-19-14-16-17-15(22-14)20-11(4)5/h11-12H,2,6-9H2,1,3-5H3. The van der Waals surface area contributed by atoms with Gasteiger partial charge in [0.1, 0.15) is 0 Å². The third-order valence-corrected chi connectivity index (χ3v) is 7.44. The zero-order valence-electron chi connectivity index (χ0n) is 13.6. The molecule has 0 bridgehead atoms. The van der Waals surface area contributed by atoms with Gasteiger partial charge in [0.05, 0.1) is 0 Å². The van der Waals surface area contributed by atoms with E-state index in [4.69, 9.17) is 0 Å². The number of carbonyl (C=O) groups excluding carboxylic acids is 1. The zero-order chi connectivity index (χ0) is 16.5. The van der Waals surface area contributed by atoms with Crippen molar-refractivity contribution < 1.29 is 4.79 Å². The van der Waals surface area contributed by atoms with E-state index in [0.717, 1.165) is 33.7 Å². The summed E-state index contributed by atoms with van der Waals surface area (Å²) in [6, 6.07) is 0. The number of nitrogens with zero attached hydrogens (tertiary/aromatic N) is 2. The highest BCUT2D eigenvalue weighted by Gasteiger charge is 2.17. The number of unbranched alkanes of at least 4 members (excludes halogenated alkanes) is 1. The number of hydrogen-bond donors (Lipinski definition) is 0. The fourth-order valence-electron chi connectivity index (χ4n) is 1.53. The molecule has 0 aromatic carbocycles. The van der Waals surface area contributed by atoms with Gasteiger partial charge >= 0.3 is 0 Å². The van der Waals surface area contributed by atoms with Crippen LogP contribution in [0.5, 0.6) is 0 Å². The lowest BCUT2D eigenvalue weighted by Crippen LogP contribution is -2.10. The smallest absolute Gasteiger partial charge is 0.214 e. The van der Waals surface area contributed by atoms with Crippen LogP contribution in [0.3, 0.4) is 0 Å². The van der Waals surface area contributed by atoms with Gasteiger partial charge in [-0.15, -0.1) is 10.2 Å². The highest BCUT2D eigenvalue weighted by molar-refractivity contribution is 8.15. The van der Waals surface area contributed by atoms with Crippen molar-refractivity contribution >= 4 is 51.7 Å². The molecular weight excluding hydrogens is 352 g/mol. The van der Waals surface area contributed by atoms with E-state index in [2.05, 4.69) is 37.5 Å². The molecule has 3 nitrogen and oxygen atoms in total. The average molecular weight is 377 g/mol. The molecule has 22 heavy (non-hydrogen) atoms. The van der Waals surface area contributed by atoms with Crippen LogP contribution in [0.4, 0.5) is 0 Å². The Bertz CT molecular complexity index is 488. The molecule has 0 aliphatic heterocycles. The van der Waals surface area contributed by atoms with Crippen molar-refractivity contribution in [2.75, 3.05) is 5.75 Å². The van der Waals surface area contributed by atoms with E-state index in [1.54, 1.807) is 41.8 Å². The molecule has 0 spiro atoms. The van der Waals surface area contributed by atoms with Gasteiger partial charge in [-0.2, -0.15) is 0 Å². The Morgan fingerprint density at radius 2 is 2.00 bits per heavy atom. The van der Waals surface area contributed by atoms with Gasteiger partial charge in [-0.1, -0.05) is 86.8 Å². The summed E-state index contributed by atoms with van der Waals surface area (Å²) in [6.07, 6.45) is 3.35. The quantitative estimate of drug-likeness (QED) is 0.395. The maximum Gasteiger partial charge on any atom is 0.214 e. The van der Waals surface area contributed by atoms with Gasteiger partial charge in [0.25, 0.3) is 0 Å². The Hall–Kier alpha value is 0.0200. The summed E-state index contributed by atoms with van der Waals surface area (Å²) in [7, 11) is 0. The lowest BCUT2D eigenvalue weighted by Gasteiger charge is -2.14. The van der Waals surface area contributed by atoms with E-state index in [9.17, 15) is 4.79 Å². The fraction of sp³-hybridized carbons (Fsp3) is 0.667. The Morgan fingerprint density at radius 3 is 2.59 bits per heavy atom. The van der Waals surface area contributed by atoms with Crippen LogP contribution in [0.15, 0.2) is 20.8 Å². The highest BCUT2D eigenvalue weighted by Crippen LogP contribution is 2.33. The maximum absolute atomic E-state index is 11.9. The van der Waals surface area contributed by atoms with Gasteiger partial charge in [0.2, 0.25) is 5.12 Å². The summed E-state index contributed by atoms with van der Waals surface area (Å²) in [5, 5.41) is 9.39. The first-order valence-corrected chi connectivity index (χ1v) is 11.0. The molecule has 1 heterocycles. The van der Waals surface area contributed by atoms with Crippen molar-refractivity contribution in [2.24, 2.45) is 0 Å². The molecule has 1 aromatic heterocycles. The van der Waals surface area contributed by atoms with Crippen molar-refractivity contribution in [1.29, 1.82) is 0 Å². The van der Waals surface area contributed by atoms with E-state index < -0.39 is 0 Å². The van der Waals surface area contributed by atoms with Crippen molar-refractivity contribution in [2.45, 2.75) is 66.1 Å². The zero-order valence-corrected chi connectivity index (χ0v) is 16.9. The number of thioether (sulfide) groups is 3. The summed E-state index contributed by atoms with van der Waals surface area (Å²) in [4.78, 5) is 11.9. The van der Waals surface area contributed by atoms with Gasteiger partial charge in [0, 0.05) is 16.3 Å². The van der Waals surface area contributed by atoms with Crippen LogP contribution in [0.25, 0.3) is 0 Å². The third-order valence-electron chi connectivity index (χ3n) is 2.62. The van der Waals surface area contributed by atoms with Crippen LogP contribution < -0.4 is 0 Å². The topological polar surface area (TPSA) is 42.9 Å². The van der Waals surface area contributed by atoms with E-state index in [-0.39, 0.29) is 5.12 Å². The van der Waals surface area contributed by atoms with Gasteiger partial charge in [-0.25, -0.2) is 0 Å². The van der Waals surface area contributed by atoms with Crippen LogP contribution in [-0.2, 0) is 4.79 Å². The largest absolute Gasteiger partial charge is 0.282 e. The van der Waals surface area contributed by atoms with Gasteiger partial charge < -0.3 is 0 Å². The Labute approximate surface area is 150 Å². The fourth-order valence-corrected chi connectivity index (χ4v) is 6.03. The minimum absolute atomic E-state index is 0.106. The van der Waals surface area contributed by atoms with Crippen molar-refractivity contribution in [3.63, 3.8) is 0 Å². The molecule has 1 unspecified atom stereocenters. The molecule has 1 rings (SSSR count). The minimum Gasteiger partial charge on any atom is -0.282 e. The summed E-state index contributed by atoms with van der Waals surface area (Å²) in [5.74, 6) is 0.894. The first-order chi connectivity index (χ1) is 10.4. The molecule has 0 radical (unpaired) electrons. The summed E-state index contributed by atoms with van der Waals surface area (Å²) >= 11 is 6.52. The predicted octanol–water partition coefficient (Wildman–Crippen LogP) is 5.53. The second-order valence-corrected chi connectivity index (χ2v) is 10.6. The van der Waals surface area contributed by atoms with Crippen molar-refractivity contribution in [3.8, 4) is 0 Å². The molecule has 0 saturated carbocycles. The lowest BCUT2D eigenvalue weighted by molar-refractivity contribution is -0.107. The van der Waals surface area contributed by atoms with Gasteiger partial charge in [-0.05, 0) is 18.9 Å². The SMILES string of the molecule is C=C(C)C(=O)SC(CCCC)CSc1nnc(SC(C)C)s1. The summed E-state index contributed by atoms with van der Waals surface area (Å²) < 4.78 is 2.02. The van der Waals surface area contributed by atoms with Crippen LogP contribution in [0.2, 0.25) is 0 Å². The van der Waals surface area contributed by atoms with Gasteiger partial charge in [-0.3, -0.25) is 4.79 Å². The Morgan fingerprint density at radius 1 is 1.32 bits per heavy atom. The first kappa shape index (κ1) is 20.1. The molecule has 0 aliphatic rings. The summed E-state index contributed by atoms with van der Waals surface area (Å²) in [6.45, 7) is 12.0. The monoisotopic (exact) mass is 376 g/mol. The van der Waals surface area contributed by atoms with Crippen molar-refractivity contribution in [3.05, 3.63) is 12.2 Å². The van der Waals surface area contributed by atoms with E-state index in [0.29, 0.717) is 16.1 Å². The second-order valence-electron chi connectivity index (χ2n) is 5.26. The first-order valence-electron chi connectivity index (χ1n) is 7.41. The number of rotatable bonds is 10. The number of hydrogen-bond acceptors (Lipinski definition) is 7. The maximum atomic E-state index is 11.9. The molecule has 0 saturated heterocycles. The second kappa shape index (κ2) is 10.7. The van der Waals surface area contributed by atoms with Crippen LogP contribution in [0.1, 0.15) is 47.0 Å². The molecule has 1 atom stereocenters. The van der Waals surface area contributed by atoms with Gasteiger partial charge in [0.15, 0.2) is 8.68 Å². The normalized spacial score (nSPS) is 12.6. The summed E-state index contributed by atoms with van der Waals surface area (Å²) in [5.41, 5.74) is 0.628. The predicted molar refractivity (Wildman–Crippen MR) is 102 cm³/mol. The van der Waals surface area contributed by atoms with Crippen molar-refractivity contribution in [1.82, 2.24) is 10.2 Å². The number of carbonyl (C=O) groups is 1. The van der Waals surface area contributed by atoms with E-state index in [1.165, 1.54) is 11.8 Å². The average Bonchev–Trinajstić information content (AvgIpc) is 2.88. The molecule has 124 valence electrons. The molecular formula is C15H24N2OS4. The molecule has 0 fully saturated rings. The molecule has 0 N–H and O–H groups in total. The third kappa shape index (κ3) is 8.04. The van der Waals surface area contributed by atoms with Crippen LogP contribution >= 0.6 is 46.6 Å². The Balaban J connectivity index is 2.52. The van der Waals surface area contributed by atoms with E-state index >= 15 is 0 Å². The number of aromatic nitrogens is 2. The molecule has 1 aromatic rings. The minimum atomic E-state index is 0.106. The molecule has 0 amide bonds. The highest BCUT2D eigenvalue weighted by atomic mass is 32.2. The molecule has 0 aliphatic carbocycles. The van der Waals surface area contributed by atoms with Crippen LogP contribution in [-0.4, -0.2) is 31.6 Å².